The highest BCUT2D eigenvalue weighted by molar-refractivity contribution is 7.89. The molecular weight excluding hydrogens is 408 g/mol. The zero-order chi connectivity index (χ0) is 22.3. The third kappa shape index (κ3) is 6.57. The van der Waals surface area contributed by atoms with Gasteiger partial charge in [-0.15, -0.1) is 0 Å². The summed E-state index contributed by atoms with van der Waals surface area (Å²) in [4.78, 5) is 24.0. The molecule has 0 bridgehead atoms. The summed E-state index contributed by atoms with van der Waals surface area (Å²) < 4.78 is 36.9. The molecule has 0 radical (unpaired) electrons. The van der Waals surface area contributed by atoms with Crippen LogP contribution in [0.4, 0.5) is 5.69 Å². The predicted molar refractivity (Wildman–Crippen MR) is 113 cm³/mol. The zero-order valence-corrected chi connectivity index (χ0v) is 18.2. The smallest absolute Gasteiger partial charge is 0.324 e. The Kier molecular flexibility index (Phi) is 7.96. The van der Waals surface area contributed by atoms with Crippen molar-refractivity contribution < 1.29 is 27.5 Å². The summed E-state index contributed by atoms with van der Waals surface area (Å²) in [6.07, 6.45) is 0. The highest BCUT2D eigenvalue weighted by Gasteiger charge is 2.23. The molecular formula is C21H26N2O6S. The molecule has 0 saturated carbocycles. The second kappa shape index (κ2) is 10.2. The Labute approximate surface area is 176 Å². The van der Waals surface area contributed by atoms with Crippen LogP contribution in [0.25, 0.3) is 0 Å². The van der Waals surface area contributed by atoms with Crippen molar-refractivity contribution in [2.45, 2.75) is 37.6 Å². The molecule has 0 aromatic heterocycles. The first kappa shape index (κ1) is 23.4. The van der Waals surface area contributed by atoms with E-state index in [-0.39, 0.29) is 4.90 Å². The summed E-state index contributed by atoms with van der Waals surface area (Å²) in [5.41, 5.74) is 1.71. The molecule has 0 aliphatic carbocycles. The number of nitrogens with one attached hydrogen (secondary N) is 2. The molecule has 2 N–H and O–H groups in total. The van der Waals surface area contributed by atoms with Gasteiger partial charge in [0, 0.05) is 5.69 Å². The summed E-state index contributed by atoms with van der Waals surface area (Å²) in [6, 6.07) is 11.9. The number of benzene rings is 2. The number of hydrogen-bond acceptors (Lipinski definition) is 6. The van der Waals surface area contributed by atoms with Gasteiger partial charge in [-0.1, -0.05) is 26.0 Å². The Morgan fingerprint density at radius 3 is 2.10 bits per heavy atom. The van der Waals surface area contributed by atoms with Crippen molar-refractivity contribution in [3.63, 3.8) is 0 Å². The molecule has 1 amide bonds. The summed E-state index contributed by atoms with van der Waals surface area (Å²) in [5, 5.41) is 2.62. The van der Waals surface area contributed by atoms with Gasteiger partial charge in [-0.25, -0.2) is 8.42 Å². The monoisotopic (exact) mass is 434 g/mol. The van der Waals surface area contributed by atoms with Crippen LogP contribution in [-0.2, 0) is 24.3 Å². The SMILES string of the molecule is COc1ccc(S(=O)(=O)N[C@@H](C)C(=O)OCC(=O)Nc2ccc(C(C)C)cc2)cc1. The number of anilines is 1. The minimum atomic E-state index is -3.93. The highest BCUT2D eigenvalue weighted by atomic mass is 32.2. The summed E-state index contributed by atoms with van der Waals surface area (Å²) in [6.45, 7) is 4.94. The van der Waals surface area contributed by atoms with E-state index >= 15 is 0 Å². The molecule has 8 nitrogen and oxygen atoms in total. The van der Waals surface area contributed by atoms with Gasteiger partial charge in [0.2, 0.25) is 10.0 Å². The van der Waals surface area contributed by atoms with Gasteiger partial charge in [0.25, 0.3) is 5.91 Å². The maximum Gasteiger partial charge on any atom is 0.324 e. The number of carbonyl (C=O) groups is 2. The molecule has 2 aromatic carbocycles. The van der Waals surface area contributed by atoms with Gasteiger partial charge in [0.1, 0.15) is 11.8 Å². The van der Waals surface area contributed by atoms with Gasteiger partial charge in [-0.3, -0.25) is 9.59 Å². The number of rotatable bonds is 9. The van der Waals surface area contributed by atoms with Crippen molar-refractivity contribution >= 4 is 27.6 Å². The second-order valence-corrected chi connectivity index (χ2v) is 8.67. The van der Waals surface area contributed by atoms with Gasteiger partial charge in [-0.05, 0) is 54.8 Å². The number of hydrogen-bond donors (Lipinski definition) is 2. The summed E-state index contributed by atoms with van der Waals surface area (Å²) in [5.74, 6) is -0.506. The van der Waals surface area contributed by atoms with E-state index in [9.17, 15) is 18.0 Å². The van der Waals surface area contributed by atoms with Crippen molar-refractivity contribution in [3.05, 3.63) is 54.1 Å². The van der Waals surface area contributed by atoms with E-state index in [4.69, 9.17) is 9.47 Å². The Morgan fingerprint density at radius 1 is 0.967 bits per heavy atom. The lowest BCUT2D eigenvalue weighted by Gasteiger charge is -2.14. The lowest BCUT2D eigenvalue weighted by atomic mass is 10.0. The van der Waals surface area contributed by atoms with Crippen LogP contribution in [-0.4, -0.2) is 40.1 Å². The zero-order valence-electron chi connectivity index (χ0n) is 17.3. The lowest BCUT2D eigenvalue weighted by molar-refractivity contribution is -0.148. The molecule has 1 atom stereocenters. The minimum Gasteiger partial charge on any atom is -0.497 e. The topological polar surface area (TPSA) is 111 Å². The molecule has 2 rings (SSSR count). The van der Waals surface area contributed by atoms with Crippen LogP contribution in [0.5, 0.6) is 5.75 Å². The molecule has 0 heterocycles. The van der Waals surface area contributed by atoms with Gasteiger partial charge < -0.3 is 14.8 Å². The van der Waals surface area contributed by atoms with E-state index in [1.807, 2.05) is 12.1 Å². The average molecular weight is 435 g/mol. The first-order valence-electron chi connectivity index (χ1n) is 9.35. The van der Waals surface area contributed by atoms with Crippen molar-refractivity contribution in [2.75, 3.05) is 19.0 Å². The third-order valence-corrected chi connectivity index (χ3v) is 5.82. The highest BCUT2D eigenvalue weighted by Crippen LogP contribution is 2.17. The largest absolute Gasteiger partial charge is 0.497 e. The maximum absolute atomic E-state index is 12.4. The molecule has 0 spiro atoms. The fourth-order valence-electron chi connectivity index (χ4n) is 2.51. The maximum atomic E-state index is 12.4. The van der Waals surface area contributed by atoms with Crippen LogP contribution < -0.4 is 14.8 Å². The standard InChI is InChI=1S/C21H26N2O6S/c1-14(2)16-5-7-17(8-6-16)22-20(24)13-29-21(25)15(3)23-30(26,27)19-11-9-18(28-4)10-12-19/h5-12,14-15,23H,13H2,1-4H3,(H,22,24)/t15-/m0/s1. The quantitative estimate of drug-likeness (QED) is 0.587. The van der Waals surface area contributed by atoms with E-state index in [2.05, 4.69) is 23.9 Å². The van der Waals surface area contributed by atoms with Gasteiger partial charge in [0.05, 0.1) is 12.0 Å². The fraction of sp³-hybridized carbons (Fsp3) is 0.333. The normalized spacial score (nSPS) is 12.3. The van der Waals surface area contributed by atoms with E-state index in [1.165, 1.54) is 38.3 Å². The van der Waals surface area contributed by atoms with E-state index in [0.29, 0.717) is 17.4 Å². The van der Waals surface area contributed by atoms with Crippen molar-refractivity contribution in [3.8, 4) is 5.75 Å². The second-order valence-electron chi connectivity index (χ2n) is 6.95. The Balaban J connectivity index is 1.86. The number of methoxy groups -OCH3 is 1. The molecule has 0 unspecified atom stereocenters. The number of esters is 1. The van der Waals surface area contributed by atoms with Crippen LogP contribution >= 0.6 is 0 Å². The first-order chi connectivity index (χ1) is 14.1. The van der Waals surface area contributed by atoms with Crippen molar-refractivity contribution in [2.24, 2.45) is 0 Å². The first-order valence-corrected chi connectivity index (χ1v) is 10.8. The van der Waals surface area contributed by atoms with E-state index in [1.54, 1.807) is 12.1 Å². The third-order valence-electron chi connectivity index (χ3n) is 4.26. The Hall–Kier alpha value is -2.91. The molecule has 2 aromatic rings. The Morgan fingerprint density at radius 2 is 1.57 bits per heavy atom. The molecule has 162 valence electrons. The minimum absolute atomic E-state index is 0.0227. The van der Waals surface area contributed by atoms with Crippen molar-refractivity contribution in [1.29, 1.82) is 0 Å². The van der Waals surface area contributed by atoms with Crippen molar-refractivity contribution in [1.82, 2.24) is 4.72 Å². The average Bonchev–Trinajstić information content (AvgIpc) is 2.72. The van der Waals surface area contributed by atoms with Crippen LogP contribution in [0.3, 0.4) is 0 Å². The molecule has 9 heteroatoms. The number of amides is 1. The predicted octanol–water partition coefficient (Wildman–Crippen LogP) is 2.67. The number of sulfonamides is 1. The van der Waals surface area contributed by atoms with Gasteiger partial charge >= 0.3 is 5.97 Å². The number of carbonyl (C=O) groups excluding carboxylic acids is 2. The van der Waals surface area contributed by atoms with Gasteiger partial charge in [0.15, 0.2) is 6.61 Å². The molecule has 30 heavy (non-hydrogen) atoms. The Bertz CT molecular complexity index is 970. The van der Waals surface area contributed by atoms with Gasteiger partial charge in [-0.2, -0.15) is 4.72 Å². The summed E-state index contributed by atoms with van der Waals surface area (Å²) >= 11 is 0. The van der Waals surface area contributed by atoms with Crippen LogP contribution in [0.1, 0.15) is 32.3 Å². The van der Waals surface area contributed by atoms with Crippen LogP contribution in [0.2, 0.25) is 0 Å². The molecule has 0 fully saturated rings. The molecule has 0 aliphatic rings. The van der Waals surface area contributed by atoms with Crippen LogP contribution in [0, 0.1) is 0 Å². The summed E-state index contributed by atoms with van der Waals surface area (Å²) in [7, 11) is -2.47. The van der Waals surface area contributed by atoms with Crippen LogP contribution in [0.15, 0.2) is 53.4 Å². The lowest BCUT2D eigenvalue weighted by Crippen LogP contribution is -2.40. The molecule has 0 saturated heterocycles. The number of ether oxygens (including phenoxy) is 2. The molecule has 0 aliphatic heterocycles. The van der Waals surface area contributed by atoms with E-state index in [0.717, 1.165) is 5.56 Å². The fourth-order valence-corrected chi connectivity index (χ4v) is 3.71. The van der Waals surface area contributed by atoms with E-state index < -0.39 is 34.5 Å².